The normalized spacial score (nSPS) is 15.3. The molecule has 1 atom stereocenters. The zero-order chi connectivity index (χ0) is 28.1. The molecule has 11 heteroatoms. The van der Waals surface area contributed by atoms with Crippen molar-refractivity contribution in [1.29, 1.82) is 0 Å². The van der Waals surface area contributed by atoms with Crippen LogP contribution < -0.4 is 14.8 Å². The Bertz CT molecular complexity index is 957. The van der Waals surface area contributed by atoms with Gasteiger partial charge in [0.25, 0.3) is 5.72 Å². The smallest absolute Gasteiger partial charge is 0.477 e. The summed E-state index contributed by atoms with van der Waals surface area (Å²) in [6, 6.07) is 3.82. The van der Waals surface area contributed by atoms with Gasteiger partial charge < -0.3 is 28.8 Å². The first-order chi connectivity index (χ1) is 18.1. The minimum atomic E-state index is -2.08. The van der Waals surface area contributed by atoms with E-state index in [9.17, 15) is 24.3 Å². The summed E-state index contributed by atoms with van der Waals surface area (Å²) in [5.41, 5.74) is -1.74. The van der Waals surface area contributed by atoms with E-state index in [0.29, 0.717) is 31.2 Å². The summed E-state index contributed by atoms with van der Waals surface area (Å²) in [5.74, 6) is -2.62. The van der Waals surface area contributed by atoms with Gasteiger partial charge in [0.15, 0.2) is 11.5 Å². The van der Waals surface area contributed by atoms with Gasteiger partial charge in [-0.25, -0.2) is 14.4 Å². The summed E-state index contributed by atoms with van der Waals surface area (Å²) in [7, 11) is 0. The maximum Gasteiger partial charge on any atom is 0.513 e. The third-order valence-corrected chi connectivity index (χ3v) is 5.78. The Morgan fingerprint density at radius 1 is 0.947 bits per heavy atom. The van der Waals surface area contributed by atoms with Gasteiger partial charge in [0, 0.05) is 12.5 Å². The van der Waals surface area contributed by atoms with Gasteiger partial charge in [0.1, 0.15) is 0 Å². The molecule has 212 valence electrons. The third kappa shape index (κ3) is 9.51. The van der Waals surface area contributed by atoms with E-state index >= 15 is 0 Å². The molecule has 0 unspecified atom stereocenters. The molecule has 0 amide bonds. The summed E-state index contributed by atoms with van der Waals surface area (Å²) in [4.78, 5) is 49.7. The molecule has 0 spiro atoms. The summed E-state index contributed by atoms with van der Waals surface area (Å²) in [6.07, 6.45) is 2.93. The van der Waals surface area contributed by atoms with Crippen LogP contribution in [-0.4, -0.2) is 54.3 Å². The van der Waals surface area contributed by atoms with Gasteiger partial charge in [0.2, 0.25) is 0 Å². The lowest BCUT2D eigenvalue weighted by molar-refractivity contribution is -0.188. The molecule has 0 radical (unpaired) electrons. The van der Waals surface area contributed by atoms with Crippen LogP contribution in [0.2, 0.25) is 0 Å². The van der Waals surface area contributed by atoms with Crippen molar-refractivity contribution in [2.45, 2.75) is 90.8 Å². The highest BCUT2D eigenvalue weighted by molar-refractivity contribution is 5.83. The van der Waals surface area contributed by atoms with Gasteiger partial charge in [-0.2, -0.15) is 0 Å². The second-order valence-electron chi connectivity index (χ2n) is 9.55. The second kappa shape index (κ2) is 15.2. The van der Waals surface area contributed by atoms with Crippen molar-refractivity contribution >= 4 is 24.2 Å². The number of carbonyl (C=O) groups is 4. The molecule has 1 aliphatic carbocycles. The quantitative estimate of drug-likeness (QED) is 0.152. The van der Waals surface area contributed by atoms with Crippen LogP contribution in [0.1, 0.15) is 78.2 Å². The van der Waals surface area contributed by atoms with E-state index in [4.69, 9.17) is 23.7 Å². The Morgan fingerprint density at radius 3 is 2.05 bits per heavy atom. The molecule has 11 nitrogen and oxygen atoms in total. The first kappa shape index (κ1) is 30.9. The Kier molecular flexibility index (Phi) is 12.3. The number of carboxylic acids is 1. The minimum absolute atomic E-state index is 0.116. The first-order valence-corrected chi connectivity index (χ1v) is 13.2. The van der Waals surface area contributed by atoms with Gasteiger partial charge in [-0.05, 0) is 57.2 Å². The zero-order valence-electron chi connectivity index (χ0n) is 22.6. The van der Waals surface area contributed by atoms with Crippen molar-refractivity contribution in [3.63, 3.8) is 0 Å². The number of ether oxygens (including phenoxy) is 5. The van der Waals surface area contributed by atoms with Crippen molar-refractivity contribution in [2.75, 3.05) is 13.2 Å². The number of carbonyl (C=O) groups excluding carboxylic acids is 3. The van der Waals surface area contributed by atoms with Crippen molar-refractivity contribution < 1.29 is 48.0 Å². The van der Waals surface area contributed by atoms with E-state index < -0.39 is 30.0 Å². The number of rotatable bonds is 13. The van der Waals surface area contributed by atoms with E-state index in [2.05, 4.69) is 5.32 Å². The van der Waals surface area contributed by atoms with Crippen LogP contribution in [0.5, 0.6) is 11.5 Å². The number of carboxylic acid groups (broad SMARTS) is 1. The average molecular weight is 538 g/mol. The van der Waals surface area contributed by atoms with Crippen LogP contribution in [0.4, 0.5) is 9.59 Å². The Labute approximate surface area is 223 Å². The molecule has 1 aliphatic rings. The predicted octanol–water partition coefficient (Wildman–Crippen LogP) is 4.98. The Morgan fingerprint density at radius 2 is 1.53 bits per heavy atom. The molecular weight excluding hydrogens is 498 g/mol. The van der Waals surface area contributed by atoms with Crippen LogP contribution in [0.25, 0.3) is 0 Å². The first-order valence-electron chi connectivity index (χ1n) is 13.2. The largest absolute Gasteiger partial charge is 0.513 e. The second-order valence-corrected chi connectivity index (χ2v) is 9.55. The molecule has 0 aliphatic heterocycles. The van der Waals surface area contributed by atoms with E-state index in [0.717, 1.165) is 19.3 Å². The van der Waals surface area contributed by atoms with Crippen LogP contribution in [-0.2, 0) is 30.2 Å². The molecule has 0 saturated heterocycles. The number of benzene rings is 1. The van der Waals surface area contributed by atoms with Crippen molar-refractivity contribution in [1.82, 2.24) is 5.32 Å². The van der Waals surface area contributed by atoms with Crippen molar-refractivity contribution in [3.05, 3.63) is 23.8 Å². The van der Waals surface area contributed by atoms with Gasteiger partial charge in [-0.15, -0.1) is 0 Å². The lowest BCUT2D eigenvalue weighted by Crippen LogP contribution is -2.59. The summed E-state index contributed by atoms with van der Waals surface area (Å²) in [5, 5.41) is 13.1. The third-order valence-electron chi connectivity index (χ3n) is 5.78. The van der Waals surface area contributed by atoms with Gasteiger partial charge in [-0.1, -0.05) is 39.2 Å². The van der Waals surface area contributed by atoms with Gasteiger partial charge >= 0.3 is 24.2 Å². The number of esters is 1. The lowest BCUT2D eigenvalue weighted by Gasteiger charge is -2.34. The molecule has 0 heterocycles. The van der Waals surface area contributed by atoms with Crippen molar-refractivity contribution in [3.8, 4) is 11.5 Å². The lowest BCUT2D eigenvalue weighted by atomic mass is 9.89. The summed E-state index contributed by atoms with van der Waals surface area (Å²) >= 11 is 0. The maximum absolute atomic E-state index is 13.0. The molecule has 1 fully saturated rings. The molecular formula is C27H39NO10. The molecule has 2 rings (SSSR count). The minimum Gasteiger partial charge on any atom is -0.477 e. The van der Waals surface area contributed by atoms with Crippen molar-refractivity contribution in [2.24, 2.45) is 5.92 Å². The van der Waals surface area contributed by atoms with Crippen LogP contribution in [0, 0.1) is 5.92 Å². The Balaban J connectivity index is 2.38. The van der Waals surface area contributed by atoms with Gasteiger partial charge in [-0.3, -0.25) is 10.1 Å². The van der Waals surface area contributed by atoms with E-state index in [1.807, 2.05) is 13.8 Å². The van der Waals surface area contributed by atoms with Gasteiger partial charge in [0.05, 0.1) is 19.1 Å². The topological polar surface area (TPSA) is 147 Å². The standard InChI is InChI=1S/C27H39NO10/c1-5-14-34-25(32)36-21-13-12-19(16-22(21)37-26(33)35-15-6-2)17-27(24(30)31,28-18(3)4)38-23(29)20-10-8-7-9-11-20/h12-13,16,18,20,28H,5-11,14-15,17H2,1-4H3,(H,30,31)/t27-/m0/s1. The molecule has 1 aromatic carbocycles. The zero-order valence-corrected chi connectivity index (χ0v) is 22.6. The molecule has 1 saturated carbocycles. The highest BCUT2D eigenvalue weighted by Crippen LogP contribution is 2.32. The molecule has 0 bridgehead atoms. The number of aliphatic carboxylic acids is 1. The fourth-order valence-corrected chi connectivity index (χ4v) is 4.08. The molecule has 38 heavy (non-hydrogen) atoms. The number of hydrogen-bond donors (Lipinski definition) is 2. The van der Waals surface area contributed by atoms with E-state index in [1.165, 1.54) is 18.2 Å². The van der Waals surface area contributed by atoms with E-state index in [-0.39, 0.29) is 43.1 Å². The average Bonchev–Trinajstić information content (AvgIpc) is 2.87. The SMILES string of the molecule is CCCOC(=O)Oc1ccc(C[C@](NC(C)C)(OC(=O)C2CCCCC2)C(=O)O)cc1OC(=O)OCCC. The molecule has 1 aromatic rings. The number of hydrogen-bond acceptors (Lipinski definition) is 10. The monoisotopic (exact) mass is 537 g/mol. The van der Waals surface area contributed by atoms with Crippen LogP contribution in [0.3, 0.4) is 0 Å². The summed E-state index contributed by atoms with van der Waals surface area (Å²) in [6.45, 7) is 7.37. The highest BCUT2D eigenvalue weighted by atomic mass is 16.7. The number of nitrogens with one attached hydrogen (secondary N) is 1. The van der Waals surface area contributed by atoms with Crippen LogP contribution in [0.15, 0.2) is 18.2 Å². The Hall–Kier alpha value is -3.34. The maximum atomic E-state index is 13.0. The summed E-state index contributed by atoms with van der Waals surface area (Å²) < 4.78 is 26.0. The van der Waals surface area contributed by atoms with E-state index in [1.54, 1.807) is 13.8 Å². The fraction of sp³-hybridized carbons (Fsp3) is 0.630. The predicted molar refractivity (Wildman–Crippen MR) is 136 cm³/mol. The molecule has 2 N–H and O–H groups in total. The van der Waals surface area contributed by atoms with Crippen LogP contribution >= 0.6 is 0 Å². The fourth-order valence-electron chi connectivity index (χ4n) is 4.08. The highest BCUT2D eigenvalue weighted by Gasteiger charge is 2.45. The molecule has 0 aromatic heterocycles.